The molecule has 1 aromatic carbocycles. The summed E-state index contributed by atoms with van der Waals surface area (Å²) in [4.78, 5) is 11.1. The van der Waals surface area contributed by atoms with Gasteiger partial charge in [-0.1, -0.05) is 31.5 Å². The average molecular weight is 224 g/mol. The number of rotatable bonds is 3. The fraction of sp³-hybridized carbons (Fsp3) is 0.462. The van der Waals surface area contributed by atoms with Crippen molar-refractivity contribution in [3.63, 3.8) is 0 Å². The van der Waals surface area contributed by atoms with E-state index in [2.05, 4.69) is 4.74 Å². The zero-order valence-corrected chi connectivity index (χ0v) is 10.7. The molecular weight excluding hydrogens is 204 g/mol. The maximum Gasteiger partial charge on any atom is 0.310 e. The largest absolute Gasteiger partial charge is 0.496 e. The van der Waals surface area contributed by atoms with E-state index >= 15 is 0 Å². The standard InChI is InChI=1S/C11H14O3.C2H6/c1-8-4-5-10(13-2)9(6-8)7-11(12)14-3;1-2/h4-6H,7H2,1-3H3;1-2H3. The topological polar surface area (TPSA) is 35.5 Å². The van der Waals surface area contributed by atoms with Gasteiger partial charge in [-0.3, -0.25) is 4.79 Å². The number of aryl methyl sites for hydroxylation is 1. The lowest BCUT2D eigenvalue weighted by atomic mass is 10.1. The molecule has 0 aliphatic carbocycles. The normalized spacial score (nSPS) is 8.81. The van der Waals surface area contributed by atoms with Gasteiger partial charge < -0.3 is 9.47 Å². The van der Waals surface area contributed by atoms with Crippen LogP contribution in [0, 0.1) is 6.92 Å². The molecule has 3 heteroatoms. The van der Waals surface area contributed by atoms with Gasteiger partial charge in [0, 0.05) is 5.56 Å². The van der Waals surface area contributed by atoms with Crippen LogP contribution in [0.3, 0.4) is 0 Å². The van der Waals surface area contributed by atoms with Crippen LogP contribution in [0.5, 0.6) is 5.75 Å². The van der Waals surface area contributed by atoms with Crippen molar-refractivity contribution >= 4 is 5.97 Å². The summed E-state index contributed by atoms with van der Waals surface area (Å²) in [5.74, 6) is 0.468. The van der Waals surface area contributed by atoms with Crippen molar-refractivity contribution in [2.75, 3.05) is 14.2 Å². The lowest BCUT2D eigenvalue weighted by Gasteiger charge is -2.07. The molecule has 0 unspecified atom stereocenters. The van der Waals surface area contributed by atoms with Gasteiger partial charge in [-0.25, -0.2) is 0 Å². The Morgan fingerprint density at radius 1 is 1.25 bits per heavy atom. The van der Waals surface area contributed by atoms with Crippen LogP contribution in [0.15, 0.2) is 18.2 Å². The molecule has 0 bridgehead atoms. The fourth-order valence-corrected chi connectivity index (χ4v) is 1.27. The molecule has 1 aromatic rings. The Hall–Kier alpha value is -1.51. The molecule has 1 rings (SSSR count). The van der Waals surface area contributed by atoms with Crippen molar-refractivity contribution in [2.24, 2.45) is 0 Å². The Labute approximate surface area is 97.4 Å². The highest BCUT2D eigenvalue weighted by Crippen LogP contribution is 2.20. The number of hydrogen-bond donors (Lipinski definition) is 0. The van der Waals surface area contributed by atoms with Gasteiger partial charge in [0.05, 0.1) is 20.6 Å². The predicted octanol–water partition coefficient (Wildman–Crippen LogP) is 2.75. The summed E-state index contributed by atoms with van der Waals surface area (Å²) >= 11 is 0. The van der Waals surface area contributed by atoms with E-state index in [1.54, 1.807) is 7.11 Å². The van der Waals surface area contributed by atoms with E-state index in [-0.39, 0.29) is 12.4 Å². The van der Waals surface area contributed by atoms with Gasteiger partial charge in [0.1, 0.15) is 5.75 Å². The smallest absolute Gasteiger partial charge is 0.310 e. The monoisotopic (exact) mass is 224 g/mol. The Morgan fingerprint density at radius 2 is 1.88 bits per heavy atom. The number of methoxy groups -OCH3 is 2. The first-order chi connectivity index (χ1) is 7.67. The zero-order valence-electron chi connectivity index (χ0n) is 10.7. The van der Waals surface area contributed by atoms with E-state index in [1.165, 1.54) is 7.11 Å². The Bertz CT molecular complexity index is 332. The molecule has 0 saturated heterocycles. The first-order valence-electron chi connectivity index (χ1n) is 5.37. The second-order valence-electron chi connectivity index (χ2n) is 3.07. The molecule has 3 nitrogen and oxygen atoms in total. The molecule has 16 heavy (non-hydrogen) atoms. The van der Waals surface area contributed by atoms with Gasteiger partial charge in [0.15, 0.2) is 0 Å². The highest BCUT2D eigenvalue weighted by molar-refractivity contribution is 5.73. The molecule has 0 fully saturated rings. The number of benzene rings is 1. The van der Waals surface area contributed by atoms with Gasteiger partial charge in [-0.2, -0.15) is 0 Å². The number of carbonyl (C=O) groups is 1. The lowest BCUT2D eigenvalue weighted by molar-refractivity contribution is -0.139. The van der Waals surface area contributed by atoms with E-state index in [4.69, 9.17) is 4.74 Å². The quantitative estimate of drug-likeness (QED) is 0.740. The van der Waals surface area contributed by atoms with Crippen molar-refractivity contribution in [3.8, 4) is 5.75 Å². The fourth-order valence-electron chi connectivity index (χ4n) is 1.27. The molecular formula is C13H20O3. The molecule has 0 atom stereocenters. The number of esters is 1. The second-order valence-corrected chi connectivity index (χ2v) is 3.07. The zero-order chi connectivity index (χ0) is 12.6. The van der Waals surface area contributed by atoms with Gasteiger partial charge in [0.25, 0.3) is 0 Å². The van der Waals surface area contributed by atoms with E-state index in [9.17, 15) is 4.79 Å². The summed E-state index contributed by atoms with van der Waals surface area (Å²) in [6.45, 7) is 5.97. The minimum atomic E-state index is -0.256. The van der Waals surface area contributed by atoms with Crippen LogP contribution < -0.4 is 4.74 Å². The molecule has 0 heterocycles. The van der Waals surface area contributed by atoms with E-state index < -0.39 is 0 Å². The minimum Gasteiger partial charge on any atom is -0.496 e. The van der Waals surface area contributed by atoms with Crippen molar-refractivity contribution in [2.45, 2.75) is 27.2 Å². The maximum atomic E-state index is 11.1. The Morgan fingerprint density at radius 3 is 2.38 bits per heavy atom. The molecule has 90 valence electrons. The molecule has 0 aliphatic heterocycles. The van der Waals surface area contributed by atoms with Gasteiger partial charge in [0.2, 0.25) is 0 Å². The summed E-state index contributed by atoms with van der Waals surface area (Å²) < 4.78 is 9.74. The lowest BCUT2D eigenvalue weighted by Crippen LogP contribution is -2.06. The second kappa shape index (κ2) is 7.74. The molecule has 0 aromatic heterocycles. The molecule has 0 aliphatic rings. The van der Waals surface area contributed by atoms with Crippen LogP contribution in [0.2, 0.25) is 0 Å². The SMILES string of the molecule is CC.COC(=O)Cc1cc(C)ccc1OC. The Balaban J connectivity index is 0.00000106. The molecule has 0 saturated carbocycles. The highest BCUT2D eigenvalue weighted by Gasteiger charge is 2.08. The Kier molecular flexibility index (Phi) is 7.01. The number of carbonyl (C=O) groups excluding carboxylic acids is 1. The summed E-state index contributed by atoms with van der Waals surface area (Å²) in [6.07, 6.45) is 0.251. The van der Waals surface area contributed by atoms with Crippen LogP contribution >= 0.6 is 0 Å². The van der Waals surface area contributed by atoms with Crippen LogP contribution in [0.4, 0.5) is 0 Å². The van der Waals surface area contributed by atoms with Crippen molar-refractivity contribution < 1.29 is 14.3 Å². The van der Waals surface area contributed by atoms with Gasteiger partial charge in [-0.15, -0.1) is 0 Å². The third kappa shape index (κ3) is 4.34. The summed E-state index contributed by atoms with van der Waals surface area (Å²) in [7, 11) is 2.97. The summed E-state index contributed by atoms with van der Waals surface area (Å²) in [6, 6.07) is 5.73. The van der Waals surface area contributed by atoms with Crippen molar-refractivity contribution in [3.05, 3.63) is 29.3 Å². The van der Waals surface area contributed by atoms with Crippen molar-refractivity contribution in [1.29, 1.82) is 0 Å². The van der Waals surface area contributed by atoms with Crippen LogP contribution in [-0.4, -0.2) is 20.2 Å². The van der Waals surface area contributed by atoms with E-state index in [0.29, 0.717) is 0 Å². The molecule has 0 radical (unpaired) electrons. The third-order valence-corrected chi connectivity index (χ3v) is 2.00. The van der Waals surface area contributed by atoms with Gasteiger partial charge in [-0.05, 0) is 13.0 Å². The van der Waals surface area contributed by atoms with E-state index in [1.807, 2.05) is 39.0 Å². The van der Waals surface area contributed by atoms with E-state index in [0.717, 1.165) is 16.9 Å². The molecule has 0 N–H and O–H groups in total. The van der Waals surface area contributed by atoms with Gasteiger partial charge >= 0.3 is 5.97 Å². The first-order valence-corrected chi connectivity index (χ1v) is 5.37. The number of ether oxygens (including phenoxy) is 2. The van der Waals surface area contributed by atoms with Crippen LogP contribution in [0.25, 0.3) is 0 Å². The van der Waals surface area contributed by atoms with Crippen molar-refractivity contribution in [1.82, 2.24) is 0 Å². The number of hydrogen-bond acceptors (Lipinski definition) is 3. The maximum absolute atomic E-state index is 11.1. The average Bonchev–Trinajstić information content (AvgIpc) is 2.32. The summed E-state index contributed by atoms with van der Waals surface area (Å²) in [5, 5.41) is 0. The first kappa shape index (κ1) is 14.5. The van der Waals surface area contributed by atoms with Crippen LogP contribution in [0.1, 0.15) is 25.0 Å². The summed E-state index contributed by atoms with van der Waals surface area (Å²) in [5.41, 5.74) is 1.96. The highest BCUT2D eigenvalue weighted by atomic mass is 16.5. The predicted molar refractivity (Wildman–Crippen MR) is 64.8 cm³/mol. The molecule has 0 amide bonds. The minimum absolute atomic E-state index is 0.251. The third-order valence-electron chi connectivity index (χ3n) is 2.00. The molecule has 0 spiro atoms. The van der Waals surface area contributed by atoms with Crippen LogP contribution in [-0.2, 0) is 16.0 Å².